The number of β-amino-alcohol motifs (C(OH)–C–C–N with tert-alkyl or cyclic N) is 1. The molecule has 96 heavy (non-hydrogen) atoms. The molecule has 0 saturated carbocycles. The van der Waals surface area contributed by atoms with Crippen molar-refractivity contribution in [2.45, 2.75) is 112 Å². The summed E-state index contributed by atoms with van der Waals surface area (Å²) in [5.74, 6) is -9.03. The first-order valence-corrected chi connectivity index (χ1v) is 31.6. The first-order chi connectivity index (χ1) is 45.8. The van der Waals surface area contributed by atoms with E-state index in [0.29, 0.717) is 28.8 Å². The van der Waals surface area contributed by atoms with Crippen LogP contribution in [0.25, 0.3) is 32.3 Å². The second-order valence-electron chi connectivity index (χ2n) is 23.5. The van der Waals surface area contributed by atoms with Crippen molar-refractivity contribution in [2.24, 2.45) is 38.8 Å². The molecule has 0 bridgehead atoms. The highest BCUT2D eigenvalue weighted by molar-refractivity contribution is 7.17. The summed E-state index contributed by atoms with van der Waals surface area (Å²) in [6.45, 7) is 1.49. The number of benzene rings is 4. The number of phenols is 1. The number of carbonyl (C=O) groups is 7. The van der Waals surface area contributed by atoms with Crippen LogP contribution >= 0.6 is 11.3 Å². The number of methoxy groups -OCH3 is 1. The Morgan fingerprint density at radius 1 is 0.677 bits per heavy atom. The lowest BCUT2D eigenvalue weighted by molar-refractivity contribution is -0.147. The van der Waals surface area contributed by atoms with Crippen LogP contribution in [0.4, 0.5) is 0 Å². The zero-order chi connectivity index (χ0) is 69.5. The molecule has 3 aliphatic heterocycles. The topological polar surface area (TPSA) is 510 Å². The van der Waals surface area contributed by atoms with Gasteiger partial charge in [-0.2, -0.15) is 0 Å². The van der Waals surface area contributed by atoms with Crippen LogP contribution < -0.4 is 59.0 Å². The largest absolute Gasteiger partial charge is 0.504 e. The Labute approximate surface area is 555 Å². The number of aliphatic hydroxyl groups is 6. The van der Waals surface area contributed by atoms with E-state index < -0.39 is 165 Å². The summed E-state index contributed by atoms with van der Waals surface area (Å²) < 4.78 is 16.4. The van der Waals surface area contributed by atoms with Gasteiger partial charge in [0.1, 0.15) is 65.2 Å². The summed E-state index contributed by atoms with van der Waals surface area (Å²) in [7, 11) is 1.60. The molecule has 0 radical (unpaired) electrons. The Morgan fingerprint density at radius 2 is 1.27 bits per heavy atom. The molecule has 7 amide bonds. The van der Waals surface area contributed by atoms with Crippen molar-refractivity contribution >= 4 is 64.6 Å². The first kappa shape index (κ1) is 72.2. The van der Waals surface area contributed by atoms with Gasteiger partial charge in [-0.15, -0.1) is 10.2 Å². The van der Waals surface area contributed by atoms with Gasteiger partial charge in [-0.3, -0.25) is 43.5 Å². The molecule has 5 aromatic rings. The van der Waals surface area contributed by atoms with Gasteiger partial charge in [-0.05, 0) is 66.4 Å². The quantitative estimate of drug-likeness (QED) is 0.0193. The van der Waals surface area contributed by atoms with E-state index in [0.717, 1.165) is 39.2 Å². The number of aromatic hydroxyl groups is 1. The zero-order valence-corrected chi connectivity index (χ0v) is 53.6. The molecule has 33 heteroatoms. The second kappa shape index (κ2) is 33.2. The van der Waals surface area contributed by atoms with Crippen LogP contribution in [0.1, 0.15) is 49.0 Å². The third-order valence-electron chi connectivity index (χ3n) is 16.3. The third-order valence-corrected chi connectivity index (χ3v) is 17.3. The number of fused-ring (bicyclic) bond motifs is 2. The molecule has 0 unspecified atom stereocenters. The predicted molar refractivity (Wildman–Crippen MR) is 348 cm³/mol. The van der Waals surface area contributed by atoms with Crippen molar-refractivity contribution in [3.8, 4) is 49.5 Å². The van der Waals surface area contributed by atoms with Crippen LogP contribution in [0, 0.1) is 5.92 Å². The van der Waals surface area contributed by atoms with E-state index in [9.17, 15) is 69.3 Å². The minimum atomic E-state index is -2.12. The summed E-state index contributed by atoms with van der Waals surface area (Å²) in [6.07, 6.45) is -12.5. The number of carbonyl (C=O) groups excluding carboxylic acids is 7. The van der Waals surface area contributed by atoms with E-state index in [2.05, 4.69) is 46.8 Å². The maximum absolute atomic E-state index is 14.9. The number of hydrogen-bond acceptors (Lipinski definition) is 22. The Bertz CT molecular complexity index is 3590. The molecule has 3 fully saturated rings. The number of nitrogens with two attached hydrogens (primary N) is 4. The van der Waals surface area contributed by atoms with E-state index in [-0.39, 0.29) is 54.8 Å². The number of aliphatic hydroxyl groups excluding tert-OH is 6. The number of aromatic nitrogens is 2. The van der Waals surface area contributed by atoms with Crippen molar-refractivity contribution in [2.75, 3.05) is 59.7 Å². The second-order valence-corrected chi connectivity index (χ2v) is 24.5. The molecule has 4 heterocycles. The SMILES string of the molecule is COCCOc1ccc(-c2ccc(-c3nnc(-c4ccc(C(=O)N[C@H]5C[C@@H](O)CNC(=O)[C@@H]6[C@@H](O)[C@@H](C)CN6C(=O)[C@H]([C@H](O)CCN=C(N)N)NC(=O)[C@H]([C@H](O)Cc6ccc(O)c(OCCN=C(N)N)c6)NC(=O)[C@@H]6C[C@@H](O)CN6C(=O)[C@H]([C@@H](C)O)NC5=O)cc4)s3)cc2)cc1. The van der Waals surface area contributed by atoms with E-state index in [1.54, 1.807) is 19.2 Å². The normalized spacial score (nSPS) is 23.9. The Hall–Kier alpha value is -9.61. The van der Waals surface area contributed by atoms with Crippen LogP contribution in [0.2, 0.25) is 0 Å². The van der Waals surface area contributed by atoms with Crippen molar-refractivity contribution in [1.29, 1.82) is 0 Å². The molecule has 13 atom stereocenters. The lowest BCUT2D eigenvalue weighted by atomic mass is 9.98. The maximum atomic E-state index is 14.9. The Balaban J connectivity index is 1.07. The highest BCUT2D eigenvalue weighted by Crippen LogP contribution is 2.33. The van der Waals surface area contributed by atoms with Crippen molar-refractivity contribution in [3.05, 3.63) is 102 Å². The fraction of sp³-hybridized carbons (Fsp3) is 0.444. The monoisotopic (exact) mass is 1350 g/mol. The molecule has 1 aromatic heterocycles. The van der Waals surface area contributed by atoms with Crippen LogP contribution in [0.3, 0.4) is 0 Å². The summed E-state index contributed by atoms with van der Waals surface area (Å²) >= 11 is 1.29. The van der Waals surface area contributed by atoms with Gasteiger partial charge in [-0.25, -0.2) is 0 Å². The van der Waals surface area contributed by atoms with Gasteiger partial charge in [0.05, 0.1) is 49.8 Å². The predicted octanol–water partition coefficient (Wildman–Crippen LogP) is -3.47. The van der Waals surface area contributed by atoms with Crippen LogP contribution in [-0.2, 0) is 39.9 Å². The number of phenolic OH excluding ortho intramolecular Hbond substituents is 1. The number of amides is 7. The fourth-order valence-corrected chi connectivity index (χ4v) is 12.0. The third kappa shape index (κ3) is 18.6. The van der Waals surface area contributed by atoms with Crippen molar-refractivity contribution < 1.29 is 83.5 Å². The molecule has 20 N–H and O–H groups in total. The maximum Gasteiger partial charge on any atom is 0.251 e. The van der Waals surface area contributed by atoms with Gasteiger partial charge in [0.2, 0.25) is 35.4 Å². The smallest absolute Gasteiger partial charge is 0.251 e. The minimum Gasteiger partial charge on any atom is -0.504 e. The van der Waals surface area contributed by atoms with E-state index in [4.69, 9.17) is 37.1 Å². The standard InChI is InChI=1S/C63H81N15O17S/c1-31-29-78-51(52(31)85)57(90)70-28-39(80)26-42(71-53(86)36-7-11-38(12-8-36)59-76-75-58(96-59)37-9-5-34(6-10-37)35-13-15-41(16-14-35)94-23-22-93-3)54(87)72-48(32(2)79)60(91)77-30-40(81)27-43(77)55(88)73-49(56(89)74-50(61(78)92)45(83)18-19-68-62(64)65)46(84)24-33-4-17-44(82)47(25-33)95-21-20-69-63(66)67/h4-17,25,31-32,39-40,42-43,45-46,48-52,79-85H,18-24,26-30H2,1-3H3,(H,70,90)(H,71,86)(H,72,87)(H,73,88)(H,74,89)(H4,64,65,68)(H4,66,67,69)/t31-,32+,39+,40+,42-,43-,45+,46+,48-,49-,50-,51-,52-/m0/s1. The van der Waals surface area contributed by atoms with Crippen LogP contribution in [-0.4, -0.2) is 242 Å². The molecule has 8 rings (SSSR count). The lowest BCUT2D eigenvalue weighted by Crippen LogP contribution is -2.64. The average Bonchev–Trinajstić information content (AvgIpc) is 1.64. The average molecular weight is 1350 g/mol. The highest BCUT2D eigenvalue weighted by atomic mass is 32.1. The molecule has 516 valence electrons. The molecule has 3 aliphatic rings. The Morgan fingerprint density at radius 3 is 1.91 bits per heavy atom. The van der Waals surface area contributed by atoms with E-state index in [1.807, 2.05) is 48.5 Å². The molecule has 0 spiro atoms. The van der Waals surface area contributed by atoms with Crippen molar-refractivity contribution in [3.63, 3.8) is 0 Å². The van der Waals surface area contributed by atoms with Gasteiger partial charge in [-0.1, -0.05) is 72.9 Å². The van der Waals surface area contributed by atoms with Crippen molar-refractivity contribution in [1.82, 2.24) is 46.6 Å². The molecule has 3 saturated heterocycles. The lowest BCUT2D eigenvalue weighted by Gasteiger charge is -2.34. The van der Waals surface area contributed by atoms with Crippen LogP contribution in [0.5, 0.6) is 17.2 Å². The van der Waals surface area contributed by atoms with Gasteiger partial charge in [0.15, 0.2) is 23.4 Å². The summed E-state index contributed by atoms with van der Waals surface area (Å²) in [5.41, 5.74) is 25.4. The number of nitrogens with zero attached hydrogens (tertiary/aromatic N) is 6. The summed E-state index contributed by atoms with van der Waals surface area (Å²) in [4.78, 5) is 112. The fourth-order valence-electron chi connectivity index (χ4n) is 11.2. The van der Waals surface area contributed by atoms with Gasteiger partial charge in [0.25, 0.3) is 5.91 Å². The molecular formula is C63H81N15O17S. The molecule has 0 aliphatic carbocycles. The first-order valence-electron chi connectivity index (χ1n) is 30.8. The number of ether oxygens (including phenoxy) is 3. The number of guanidine groups is 2. The molecule has 32 nitrogen and oxygen atoms in total. The number of nitrogens with one attached hydrogen (secondary N) is 5. The Kier molecular flexibility index (Phi) is 25.0. The van der Waals surface area contributed by atoms with Gasteiger partial charge in [0, 0.05) is 75.2 Å². The number of hydrogen-bond donors (Lipinski definition) is 16. The molecular weight excluding hydrogens is 1270 g/mol. The van der Waals surface area contributed by atoms with Crippen LogP contribution in [0.15, 0.2) is 101 Å². The van der Waals surface area contributed by atoms with Gasteiger partial charge < -0.3 is 109 Å². The van der Waals surface area contributed by atoms with E-state index >= 15 is 0 Å². The summed E-state index contributed by atoms with van der Waals surface area (Å²) in [6, 6.07) is 14.1. The number of rotatable bonds is 21. The zero-order valence-electron chi connectivity index (χ0n) is 52.8. The highest BCUT2D eigenvalue weighted by Gasteiger charge is 2.50. The molecule has 4 aromatic carbocycles. The van der Waals surface area contributed by atoms with Gasteiger partial charge >= 0.3 is 0 Å². The van der Waals surface area contributed by atoms with E-state index in [1.165, 1.54) is 48.6 Å². The number of aliphatic imine (C=N–C) groups is 2. The minimum absolute atomic E-state index is 0.0117. The summed E-state index contributed by atoms with van der Waals surface area (Å²) in [5, 5.41) is 102.